The van der Waals surface area contributed by atoms with Crippen molar-refractivity contribution in [2.45, 2.75) is 44.7 Å². The third-order valence-corrected chi connectivity index (χ3v) is 8.20. The summed E-state index contributed by atoms with van der Waals surface area (Å²) in [4.78, 5) is 5.60. The van der Waals surface area contributed by atoms with Gasteiger partial charge in [-0.15, -0.1) is 11.3 Å². The van der Waals surface area contributed by atoms with Crippen LogP contribution < -0.4 is 9.47 Å². The number of aryl methyl sites for hydroxylation is 1. The number of hydrogen-bond donors (Lipinski definition) is 0. The van der Waals surface area contributed by atoms with E-state index in [2.05, 4.69) is 29.2 Å². The molecule has 0 spiro atoms. The van der Waals surface area contributed by atoms with Gasteiger partial charge in [-0.3, -0.25) is 4.90 Å². The van der Waals surface area contributed by atoms with E-state index in [9.17, 15) is 5.26 Å². The zero-order valence-electron chi connectivity index (χ0n) is 18.7. The van der Waals surface area contributed by atoms with E-state index in [1.54, 1.807) is 30.2 Å². The molecule has 0 radical (unpaired) electrons. The van der Waals surface area contributed by atoms with Crippen LogP contribution in [0.2, 0.25) is 0 Å². The molecule has 5 rings (SSSR count). The maximum absolute atomic E-state index is 9.63. The van der Waals surface area contributed by atoms with Gasteiger partial charge in [0.2, 0.25) is 0 Å². The van der Waals surface area contributed by atoms with Gasteiger partial charge in [-0.2, -0.15) is 5.26 Å². The second kappa shape index (κ2) is 8.97. The molecule has 5 heteroatoms. The molecule has 1 atom stereocenters. The van der Waals surface area contributed by atoms with Crippen LogP contribution in [0.4, 0.5) is 0 Å². The van der Waals surface area contributed by atoms with Crippen molar-refractivity contribution >= 4 is 11.3 Å². The lowest BCUT2D eigenvalue weighted by Gasteiger charge is -2.37. The predicted molar refractivity (Wildman–Crippen MR) is 128 cm³/mol. The van der Waals surface area contributed by atoms with Crippen LogP contribution >= 0.6 is 11.3 Å². The summed E-state index contributed by atoms with van der Waals surface area (Å²) in [6.45, 7) is 1.74. The van der Waals surface area contributed by atoms with Gasteiger partial charge in [0, 0.05) is 22.8 Å². The highest BCUT2D eigenvalue weighted by Crippen LogP contribution is 2.46. The van der Waals surface area contributed by atoms with Crippen molar-refractivity contribution in [2.75, 3.05) is 20.8 Å². The molecule has 0 unspecified atom stereocenters. The molecule has 164 valence electrons. The Balaban J connectivity index is 1.61. The Bertz CT molecular complexity index is 1180. The van der Waals surface area contributed by atoms with Gasteiger partial charge in [0.15, 0.2) is 11.5 Å². The number of nitriles is 1. The standard InChI is InChI=1S/C27H28N2O2S/c1-30-23-12-11-18(15-24(23)31-2)26-27-22(21-9-5-6-10-25(21)32-27)13-14-29(26)17-20-8-4-3-7-19(20)16-28/h3-4,7-8,11-12,15,26H,5-6,9-10,13-14,17H2,1-2H3/t26-/m1/s1. The van der Waals surface area contributed by atoms with Crippen LogP contribution in [0.3, 0.4) is 0 Å². The summed E-state index contributed by atoms with van der Waals surface area (Å²) in [6.07, 6.45) is 6.11. The Labute approximate surface area is 194 Å². The lowest BCUT2D eigenvalue weighted by atomic mass is 9.88. The minimum Gasteiger partial charge on any atom is -0.493 e. The maximum Gasteiger partial charge on any atom is 0.161 e. The number of ether oxygens (including phenoxy) is 2. The van der Waals surface area contributed by atoms with Crippen molar-refractivity contribution in [1.82, 2.24) is 4.90 Å². The molecule has 0 bridgehead atoms. The number of nitrogens with zero attached hydrogens (tertiary/aromatic N) is 2. The number of methoxy groups -OCH3 is 2. The second-order valence-corrected chi connectivity index (χ2v) is 9.70. The summed E-state index contributed by atoms with van der Waals surface area (Å²) in [6, 6.07) is 16.8. The van der Waals surface area contributed by atoms with Crippen molar-refractivity contribution < 1.29 is 9.47 Å². The average molecular weight is 445 g/mol. The normalized spacial score (nSPS) is 17.8. The number of fused-ring (bicyclic) bond motifs is 3. The highest BCUT2D eigenvalue weighted by atomic mass is 32.1. The smallest absolute Gasteiger partial charge is 0.161 e. The molecule has 1 aromatic heterocycles. The topological polar surface area (TPSA) is 45.5 Å². The van der Waals surface area contributed by atoms with Gasteiger partial charge in [-0.25, -0.2) is 0 Å². The van der Waals surface area contributed by atoms with Crippen LogP contribution in [0.15, 0.2) is 42.5 Å². The van der Waals surface area contributed by atoms with Gasteiger partial charge in [0.05, 0.1) is 31.9 Å². The van der Waals surface area contributed by atoms with Crippen LogP contribution in [-0.2, 0) is 25.8 Å². The molecule has 0 saturated heterocycles. The van der Waals surface area contributed by atoms with Crippen LogP contribution in [-0.4, -0.2) is 25.7 Å². The van der Waals surface area contributed by atoms with E-state index in [1.807, 2.05) is 35.6 Å². The SMILES string of the molecule is COc1ccc([C@@H]2c3sc4c(c3CCN2Cc2ccccc2C#N)CCCC4)cc1OC. The molecule has 3 aromatic rings. The number of rotatable bonds is 5. The quantitative estimate of drug-likeness (QED) is 0.509. The minimum absolute atomic E-state index is 0.154. The summed E-state index contributed by atoms with van der Waals surface area (Å²) in [7, 11) is 3.37. The molecule has 2 aromatic carbocycles. The first kappa shape index (κ1) is 21.1. The Morgan fingerprint density at radius 1 is 1.00 bits per heavy atom. The number of thiophene rings is 1. The molecule has 0 amide bonds. The molecule has 0 N–H and O–H groups in total. The Kier molecular flexibility index (Phi) is 5.91. The first-order valence-electron chi connectivity index (χ1n) is 11.3. The zero-order chi connectivity index (χ0) is 22.1. The largest absolute Gasteiger partial charge is 0.493 e. The Hall–Kier alpha value is -2.81. The van der Waals surface area contributed by atoms with Crippen LogP contribution in [0.1, 0.15) is 56.5 Å². The summed E-state index contributed by atoms with van der Waals surface area (Å²) in [5.41, 5.74) is 6.27. The number of hydrogen-bond acceptors (Lipinski definition) is 5. The van der Waals surface area contributed by atoms with Gasteiger partial charge in [-0.1, -0.05) is 24.3 Å². The zero-order valence-corrected chi connectivity index (χ0v) is 19.5. The second-order valence-electron chi connectivity index (χ2n) is 8.56. The van der Waals surface area contributed by atoms with Gasteiger partial charge >= 0.3 is 0 Å². The molecule has 1 aliphatic carbocycles. The van der Waals surface area contributed by atoms with E-state index in [0.29, 0.717) is 0 Å². The summed E-state index contributed by atoms with van der Waals surface area (Å²) in [5, 5.41) is 9.63. The van der Waals surface area contributed by atoms with Crippen molar-refractivity contribution in [2.24, 2.45) is 0 Å². The van der Waals surface area contributed by atoms with Gasteiger partial charge < -0.3 is 9.47 Å². The van der Waals surface area contributed by atoms with Gasteiger partial charge in [0.25, 0.3) is 0 Å². The third kappa shape index (κ3) is 3.68. The minimum atomic E-state index is 0.154. The van der Waals surface area contributed by atoms with Crippen LogP contribution in [0, 0.1) is 11.3 Å². The van der Waals surface area contributed by atoms with Crippen molar-refractivity contribution in [3.8, 4) is 17.6 Å². The average Bonchev–Trinajstić information content (AvgIpc) is 3.22. The molecule has 2 heterocycles. The molecule has 0 fully saturated rings. The highest BCUT2D eigenvalue weighted by molar-refractivity contribution is 7.12. The predicted octanol–water partition coefficient (Wildman–Crippen LogP) is 5.66. The van der Waals surface area contributed by atoms with E-state index in [4.69, 9.17) is 9.47 Å². The third-order valence-electron chi connectivity index (χ3n) is 6.81. The van der Waals surface area contributed by atoms with E-state index >= 15 is 0 Å². The maximum atomic E-state index is 9.63. The summed E-state index contributed by atoms with van der Waals surface area (Å²) >= 11 is 2.01. The van der Waals surface area contributed by atoms with Crippen LogP contribution in [0.25, 0.3) is 0 Å². The highest BCUT2D eigenvalue weighted by Gasteiger charge is 2.34. The van der Waals surface area contributed by atoms with Crippen LogP contribution in [0.5, 0.6) is 11.5 Å². The van der Waals surface area contributed by atoms with Crippen molar-refractivity contribution in [3.63, 3.8) is 0 Å². The molecule has 32 heavy (non-hydrogen) atoms. The van der Waals surface area contributed by atoms with E-state index < -0.39 is 0 Å². The fraction of sp³-hybridized carbons (Fsp3) is 0.370. The van der Waals surface area contributed by atoms with Gasteiger partial charge in [-0.05, 0) is 72.6 Å². The fourth-order valence-electron chi connectivity index (χ4n) is 5.24. The fourth-order valence-corrected chi connectivity index (χ4v) is 6.84. The van der Waals surface area contributed by atoms with E-state index in [1.165, 1.54) is 36.1 Å². The molecule has 2 aliphatic rings. The van der Waals surface area contributed by atoms with E-state index in [-0.39, 0.29) is 6.04 Å². The van der Waals surface area contributed by atoms with Crippen molar-refractivity contribution in [1.29, 1.82) is 5.26 Å². The number of benzene rings is 2. The summed E-state index contributed by atoms with van der Waals surface area (Å²) in [5.74, 6) is 1.51. The monoisotopic (exact) mass is 444 g/mol. The Morgan fingerprint density at radius 2 is 1.81 bits per heavy atom. The first-order chi connectivity index (χ1) is 15.7. The Morgan fingerprint density at radius 3 is 2.62 bits per heavy atom. The summed E-state index contributed by atoms with van der Waals surface area (Å²) < 4.78 is 11.1. The first-order valence-corrected chi connectivity index (χ1v) is 12.1. The molecular weight excluding hydrogens is 416 g/mol. The van der Waals surface area contributed by atoms with Gasteiger partial charge in [0.1, 0.15) is 0 Å². The van der Waals surface area contributed by atoms with E-state index in [0.717, 1.165) is 42.1 Å². The lowest BCUT2D eigenvalue weighted by molar-refractivity contribution is 0.207. The molecule has 4 nitrogen and oxygen atoms in total. The van der Waals surface area contributed by atoms with Crippen molar-refractivity contribution in [3.05, 3.63) is 80.0 Å². The molecule has 1 aliphatic heterocycles. The molecular formula is C27H28N2O2S. The lowest BCUT2D eigenvalue weighted by Crippen LogP contribution is -2.35. The molecule has 0 saturated carbocycles.